The number of amides is 2. The highest BCUT2D eigenvalue weighted by molar-refractivity contribution is 5.90. The SMILES string of the molecule is Cc1ccc(C(F)(F)F)cc1NC(=O)N1CCC(C(C)O)CC1. The summed E-state index contributed by atoms with van der Waals surface area (Å²) in [5.41, 5.74) is -0.0427. The molecule has 0 saturated carbocycles. The molecule has 1 aromatic carbocycles. The Hall–Kier alpha value is -1.76. The molecule has 1 atom stereocenters. The van der Waals surface area contributed by atoms with E-state index in [1.54, 1.807) is 18.7 Å². The summed E-state index contributed by atoms with van der Waals surface area (Å²) in [6.45, 7) is 4.35. The van der Waals surface area contributed by atoms with Gasteiger partial charge in [-0.15, -0.1) is 0 Å². The van der Waals surface area contributed by atoms with Crippen molar-refractivity contribution < 1.29 is 23.1 Å². The molecule has 0 radical (unpaired) electrons. The number of carbonyl (C=O) groups excluding carboxylic acids is 1. The number of likely N-dealkylation sites (tertiary alicyclic amines) is 1. The predicted octanol–water partition coefficient (Wildman–Crippen LogP) is 3.64. The van der Waals surface area contributed by atoms with E-state index < -0.39 is 23.9 Å². The monoisotopic (exact) mass is 330 g/mol. The third kappa shape index (κ3) is 4.37. The smallest absolute Gasteiger partial charge is 0.393 e. The summed E-state index contributed by atoms with van der Waals surface area (Å²) < 4.78 is 38.3. The summed E-state index contributed by atoms with van der Waals surface area (Å²) in [6.07, 6.45) is -3.48. The molecule has 0 bridgehead atoms. The minimum atomic E-state index is -4.44. The minimum absolute atomic E-state index is 0.161. The summed E-state index contributed by atoms with van der Waals surface area (Å²) in [5, 5.41) is 12.1. The van der Waals surface area contributed by atoms with E-state index in [2.05, 4.69) is 5.32 Å². The van der Waals surface area contributed by atoms with Crippen molar-refractivity contribution in [2.24, 2.45) is 5.92 Å². The van der Waals surface area contributed by atoms with E-state index in [1.807, 2.05) is 0 Å². The summed E-state index contributed by atoms with van der Waals surface area (Å²) in [7, 11) is 0. The Morgan fingerprint density at radius 2 is 1.96 bits per heavy atom. The number of hydrogen-bond acceptors (Lipinski definition) is 2. The highest BCUT2D eigenvalue weighted by Crippen LogP contribution is 2.32. The molecule has 2 N–H and O–H groups in total. The number of halogens is 3. The van der Waals surface area contributed by atoms with Crippen LogP contribution in [-0.4, -0.2) is 35.2 Å². The number of piperidine rings is 1. The van der Waals surface area contributed by atoms with Crippen LogP contribution in [0.2, 0.25) is 0 Å². The fraction of sp³-hybridized carbons (Fsp3) is 0.562. The maximum atomic E-state index is 12.8. The maximum absolute atomic E-state index is 12.8. The number of nitrogens with zero attached hydrogens (tertiary/aromatic N) is 1. The van der Waals surface area contributed by atoms with Crippen molar-refractivity contribution in [1.82, 2.24) is 4.90 Å². The molecule has 0 spiro atoms. The van der Waals surface area contributed by atoms with Gasteiger partial charge in [-0.3, -0.25) is 0 Å². The zero-order valence-corrected chi connectivity index (χ0v) is 13.2. The van der Waals surface area contributed by atoms with Gasteiger partial charge in [-0.05, 0) is 50.3 Å². The largest absolute Gasteiger partial charge is 0.416 e. The van der Waals surface area contributed by atoms with Crippen LogP contribution in [0, 0.1) is 12.8 Å². The highest BCUT2D eigenvalue weighted by atomic mass is 19.4. The van der Waals surface area contributed by atoms with Crippen LogP contribution in [0.4, 0.5) is 23.7 Å². The summed E-state index contributed by atoms with van der Waals surface area (Å²) in [4.78, 5) is 13.8. The molecule has 7 heteroatoms. The molecule has 2 rings (SSSR count). The number of aryl methyl sites for hydroxylation is 1. The van der Waals surface area contributed by atoms with Crippen molar-refractivity contribution in [3.05, 3.63) is 29.3 Å². The number of benzene rings is 1. The minimum Gasteiger partial charge on any atom is -0.393 e. The van der Waals surface area contributed by atoms with Crippen molar-refractivity contribution in [3.8, 4) is 0 Å². The number of aliphatic hydroxyl groups excluding tert-OH is 1. The standard InChI is InChI=1S/C16H21F3N2O2/c1-10-3-4-13(16(17,18)19)9-14(10)20-15(23)21-7-5-12(6-8-21)11(2)22/h3-4,9,11-12,22H,5-8H2,1-2H3,(H,20,23). The summed E-state index contributed by atoms with van der Waals surface area (Å²) >= 11 is 0. The third-order valence-electron chi connectivity index (χ3n) is 4.32. The van der Waals surface area contributed by atoms with Crippen LogP contribution in [0.5, 0.6) is 0 Å². The molecule has 4 nitrogen and oxygen atoms in total. The number of hydrogen-bond donors (Lipinski definition) is 2. The Kier molecular flexibility index (Phi) is 5.19. The molecule has 1 aromatic rings. The van der Waals surface area contributed by atoms with Gasteiger partial charge in [0.05, 0.1) is 11.7 Å². The average Bonchev–Trinajstić information content (AvgIpc) is 2.48. The second-order valence-electron chi connectivity index (χ2n) is 6.02. The number of rotatable bonds is 2. The van der Waals surface area contributed by atoms with Gasteiger partial charge in [-0.1, -0.05) is 6.07 Å². The Morgan fingerprint density at radius 1 is 1.35 bits per heavy atom. The first-order valence-electron chi connectivity index (χ1n) is 7.60. The van der Waals surface area contributed by atoms with Gasteiger partial charge < -0.3 is 15.3 Å². The Morgan fingerprint density at radius 3 is 2.48 bits per heavy atom. The van der Waals surface area contributed by atoms with Crippen LogP contribution in [0.1, 0.15) is 30.9 Å². The molecule has 2 amide bonds. The molecule has 1 aliphatic heterocycles. The number of urea groups is 1. The van der Waals surface area contributed by atoms with Crippen molar-refractivity contribution in [2.45, 2.75) is 39.0 Å². The molecule has 1 unspecified atom stereocenters. The molecule has 128 valence electrons. The van der Waals surface area contributed by atoms with Crippen LogP contribution in [0.25, 0.3) is 0 Å². The lowest BCUT2D eigenvalue weighted by Crippen LogP contribution is -2.42. The maximum Gasteiger partial charge on any atom is 0.416 e. The predicted molar refractivity (Wildman–Crippen MR) is 81.2 cm³/mol. The van der Waals surface area contributed by atoms with E-state index in [4.69, 9.17) is 0 Å². The molecule has 1 fully saturated rings. The van der Waals surface area contributed by atoms with E-state index in [9.17, 15) is 23.1 Å². The number of aliphatic hydroxyl groups is 1. The summed E-state index contributed by atoms with van der Waals surface area (Å²) in [6, 6.07) is 2.89. The van der Waals surface area contributed by atoms with Gasteiger partial charge in [0.15, 0.2) is 0 Å². The van der Waals surface area contributed by atoms with Crippen LogP contribution >= 0.6 is 0 Å². The van der Waals surface area contributed by atoms with Gasteiger partial charge >= 0.3 is 12.2 Å². The highest BCUT2D eigenvalue weighted by Gasteiger charge is 2.31. The van der Waals surface area contributed by atoms with Crippen molar-refractivity contribution in [1.29, 1.82) is 0 Å². The molecule has 1 saturated heterocycles. The fourth-order valence-electron chi connectivity index (χ4n) is 2.71. The van der Waals surface area contributed by atoms with Crippen LogP contribution in [-0.2, 0) is 6.18 Å². The van der Waals surface area contributed by atoms with E-state index in [1.165, 1.54) is 6.07 Å². The number of nitrogens with one attached hydrogen (secondary N) is 1. The van der Waals surface area contributed by atoms with Crippen molar-refractivity contribution in [3.63, 3.8) is 0 Å². The van der Waals surface area contributed by atoms with Crippen LogP contribution in [0.15, 0.2) is 18.2 Å². The fourth-order valence-corrected chi connectivity index (χ4v) is 2.71. The lowest BCUT2D eigenvalue weighted by Gasteiger charge is -2.33. The van der Waals surface area contributed by atoms with Crippen molar-refractivity contribution >= 4 is 11.7 Å². The van der Waals surface area contributed by atoms with Gasteiger partial charge in [-0.2, -0.15) is 13.2 Å². The van der Waals surface area contributed by atoms with Gasteiger partial charge in [0.25, 0.3) is 0 Å². The first-order chi connectivity index (χ1) is 10.7. The third-order valence-corrected chi connectivity index (χ3v) is 4.32. The quantitative estimate of drug-likeness (QED) is 0.870. The number of carbonyl (C=O) groups is 1. The lowest BCUT2D eigenvalue weighted by molar-refractivity contribution is -0.137. The van der Waals surface area contributed by atoms with Gasteiger partial charge in [0, 0.05) is 18.8 Å². The lowest BCUT2D eigenvalue weighted by atomic mass is 9.92. The van der Waals surface area contributed by atoms with E-state index >= 15 is 0 Å². The Labute approximate surface area is 133 Å². The van der Waals surface area contributed by atoms with Gasteiger partial charge in [-0.25, -0.2) is 4.79 Å². The molecule has 0 aliphatic carbocycles. The second kappa shape index (κ2) is 6.78. The average molecular weight is 330 g/mol. The van der Waals surface area contributed by atoms with Gasteiger partial charge in [0.2, 0.25) is 0 Å². The van der Waals surface area contributed by atoms with Crippen LogP contribution in [0.3, 0.4) is 0 Å². The Bertz CT molecular complexity index is 565. The first-order valence-corrected chi connectivity index (χ1v) is 7.60. The second-order valence-corrected chi connectivity index (χ2v) is 6.02. The molecule has 0 aromatic heterocycles. The molecule has 1 heterocycles. The number of alkyl halides is 3. The van der Waals surface area contributed by atoms with E-state index in [-0.39, 0.29) is 11.6 Å². The zero-order chi connectivity index (χ0) is 17.2. The molecule has 23 heavy (non-hydrogen) atoms. The first kappa shape index (κ1) is 17.6. The molecule has 1 aliphatic rings. The topological polar surface area (TPSA) is 52.6 Å². The van der Waals surface area contributed by atoms with Crippen molar-refractivity contribution in [2.75, 3.05) is 18.4 Å². The summed E-state index contributed by atoms with van der Waals surface area (Å²) in [5.74, 6) is 0.161. The molecular weight excluding hydrogens is 309 g/mol. The number of anilines is 1. The van der Waals surface area contributed by atoms with E-state index in [0.717, 1.165) is 12.1 Å². The van der Waals surface area contributed by atoms with Crippen LogP contribution < -0.4 is 5.32 Å². The zero-order valence-electron chi connectivity index (χ0n) is 13.2. The Balaban J connectivity index is 2.03. The molecular formula is C16H21F3N2O2. The van der Waals surface area contributed by atoms with Gasteiger partial charge in [0.1, 0.15) is 0 Å². The van der Waals surface area contributed by atoms with E-state index in [0.29, 0.717) is 31.5 Å². The normalized spacial score (nSPS) is 17.9.